The van der Waals surface area contributed by atoms with Crippen LogP contribution in [-0.4, -0.2) is 41.4 Å². The van der Waals surface area contributed by atoms with Crippen LogP contribution in [0.5, 0.6) is 5.75 Å². The van der Waals surface area contributed by atoms with Gasteiger partial charge in [-0.1, -0.05) is 30.3 Å². The van der Waals surface area contributed by atoms with Gasteiger partial charge in [-0.2, -0.15) is 13.2 Å². The summed E-state index contributed by atoms with van der Waals surface area (Å²) >= 11 is 0. The third-order valence-corrected chi connectivity index (χ3v) is 4.51. The monoisotopic (exact) mass is 395 g/mol. The molecule has 1 heterocycles. The number of halogens is 3. The van der Waals surface area contributed by atoms with Gasteiger partial charge in [0, 0.05) is 6.42 Å². The van der Waals surface area contributed by atoms with E-state index in [0.717, 1.165) is 17.7 Å². The number of aliphatic hydroxyl groups is 1. The lowest BCUT2D eigenvalue weighted by Crippen LogP contribution is -2.38. The summed E-state index contributed by atoms with van der Waals surface area (Å²) in [6.07, 6.45) is -5.06. The summed E-state index contributed by atoms with van der Waals surface area (Å²) in [5.74, 6) is 0.272. The highest BCUT2D eigenvalue weighted by Gasteiger charge is 2.37. The second-order valence-electron chi connectivity index (χ2n) is 6.53. The highest BCUT2D eigenvalue weighted by molar-refractivity contribution is 5.68. The lowest BCUT2D eigenvalue weighted by Gasteiger charge is -2.21. The molecule has 1 fully saturated rings. The molecule has 5 nitrogen and oxygen atoms in total. The quantitative estimate of drug-likeness (QED) is 0.835. The molecule has 1 aliphatic rings. The molecule has 0 radical (unpaired) electrons. The van der Waals surface area contributed by atoms with E-state index in [1.807, 2.05) is 30.3 Å². The highest BCUT2D eigenvalue weighted by atomic mass is 19.4. The van der Waals surface area contributed by atoms with Gasteiger partial charge in [0.15, 0.2) is 0 Å². The van der Waals surface area contributed by atoms with Gasteiger partial charge in [0.25, 0.3) is 0 Å². The Morgan fingerprint density at radius 2 is 1.79 bits per heavy atom. The molecule has 1 amide bonds. The smallest absolute Gasteiger partial charge is 0.416 e. The fraction of sp³-hybridized carbons (Fsp3) is 0.350. The maximum absolute atomic E-state index is 12.6. The minimum Gasteiger partial charge on any atom is -0.489 e. The molecule has 1 saturated heterocycles. The topological polar surface area (TPSA) is 59.0 Å². The molecule has 2 aromatic carbocycles. The number of carbonyl (C=O) groups excluding carboxylic acids is 1. The van der Waals surface area contributed by atoms with E-state index in [2.05, 4.69) is 0 Å². The highest BCUT2D eigenvalue weighted by Crippen LogP contribution is 2.31. The van der Waals surface area contributed by atoms with Crippen molar-refractivity contribution in [3.05, 3.63) is 65.7 Å². The molecular weight excluding hydrogens is 375 g/mol. The molecule has 1 N–H and O–H groups in total. The van der Waals surface area contributed by atoms with Gasteiger partial charge >= 0.3 is 12.3 Å². The van der Waals surface area contributed by atoms with E-state index < -0.39 is 30.0 Å². The van der Waals surface area contributed by atoms with E-state index in [1.165, 1.54) is 17.0 Å². The van der Waals surface area contributed by atoms with Crippen molar-refractivity contribution in [3.63, 3.8) is 0 Å². The lowest BCUT2D eigenvalue weighted by atomic mass is 10.2. The Morgan fingerprint density at radius 1 is 1.11 bits per heavy atom. The molecule has 0 unspecified atom stereocenters. The molecule has 150 valence electrons. The van der Waals surface area contributed by atoms with Crippen LogP contribution in [-0.2, 0) is 17.5 Å². The van der Waals surface area contributed by atoms with Crippen molar-refractivity contribution >= 4 is 6.09 Å². The second kappa shape index (κ2) is 8.52. The minimum absolute atomic E-state index is 0.110. The van der Waals surface area contributed by atoms with Crippen molar-refractivity contribution in [2.24, 2.45) is 0 Å². The maximum Gasteiger partial charge on any atom is 0.416 e. The standard InChI is InChI=1S/C20H20F3NO4/c21-20(22,23)15-6-8-17(9-7-15)28-18-10-16(12-25)24(11-18)19(26)27-13-14-4-2-1-3-5-14/h1-9,16,18,25H,10-13H2/t16-,18-/m0/s1. The number of hydrogen-bond acceptors (Lipinski definition) is 4. The number of alkyl halides is 3. The number of rotatable bonds is 5. The maximum atomic E-state index is 12.6. The molecule has 0 saturated carbocycles. The van der Waals surface area contributed by atoms with Crippen LogP contribution in [0.2, 0.25) is 0 Å². The lowest BCUT2D eigenvalue weighted by molar-refractivity contribution is -0.137. The molecule has 0 aliphatic carbocycles. The van der Waals surface area contributed by atoms with Crippen LogP contribution in [0.1, 0.15) is 17.5 Å². The number of amides is 1. The first-order valence-electron chi connectivity index (χ1n) is 8.79. The van der Waals surface area contributed by atoms with E-state index >= 15 is 0 Å². The number of benzene rings is 2. The molecule has 1 aliphatic heterocycles. The average molecular weight is 395 g/mol. The fourth-order valence-electron chi connectivity index (χ4n) is 3.07. The zero-order valence-corrected chi connectivity index (χ0v) is 14.9. The van der Waals surface area contributed by atoms with Crippen molar-refractivity contribution in [1.29, 1.82) is 0 Å². The Labute approximate surface area is 160 Å². The van der Waals surface area contributed by atoms with Crippen LogP contribution in [0.25, 0.3) is 0 Å². The molecule has 0 aromatic heterocycles. The van der Waals surface area contributed by atoms with Crippen LogP contribution in [0, 0.1) is 0 Å². The number of likely N-dealkylation sites (tertiary alicyclic amines) is 1. The van der Waals surface area contributed by atoms with E-state index in [9.17, 15) is 23.1 Å². The zero-order chi connectivity index (χ0) is 20.1. The van der Waals surface area contributed by atoms with Crippen LogP contribution in [0.15, 0.2) is 54.6 Å². The third-order valence-electron chi connectivity index (χ3n) is 4.51. The van der Waals surface area contributed by atoms with Crippen LogP contribution in [0.3, 0.4) is 0 Å². The molecule has 2 aromatic rings. The first-order chi connectivity index (χ1) is 13.4. The van der Waals surface area contributed by atoms with Crippen molar-refractivity contribution in [2.45, 2.75) is 31.3 Å². The summed E-state index contributed by atoms with van der Waals surface area (Å²) < 4.78 is 48.9. The van der Waals surface area contributed by atoms with E-state index in [0.29, 0.717) is 6.42 Å². The van der Waals surface area contributed by atoms with Crippen molar-refractivity contribution in [1.82, 2.24) is 4.90 Å². The van der Waals surface area contributed by atoms with Crippen molar-refractivity contribution < 1.29 is 32.5 Å². The summed E-state index contributed by atoms with van der Waals surface area (Å²) in [6, 6.07) is 13.1. The van der Waals surface area contributed by atoms with Gasteiger partial charge < -0.3 is 14.6 Å². The van der Waals surface area contributed by atoms with Crippen LogP contribution in [0.4, 0.5) is 18.0 Å². The van der Waals surface area contributed by atoms with Crippen molar-refractivity contribution in [3.8, 4) is 5.75 Å². The fourth-order valence-corrected chi connectivity index (χ4v) is 3.07. The Balaban J connectivity index is 1.57. The first kappa shape index (κ1) is 20.0. The molecule has 3 rings (SSSR count). The number of carbonyl (C=O) groups is 1. The Morgan fingerprint density at radius 3 is 2.39 bits per heavy atom. The van der Waals surface area contributed by atoms with Gasteiger partial charge in [0.1, 0.15) is 18.5 Å². The normalized spacial score (nSPS) is 19.5. The average Bonchev–Trinajstić information content (AvgIpc) is 3.09. The molecule has 8 heteroatoms. The van der Waals surface area contributed by atoms with Crippen molar-refractivity contribution in [2.75, 3.05) is 13.2 Å². The van der Waals surface area contributed by atoms with Gasteiger partial charge in [-0.25, -0.2) is 4.79 Å². The number of ether oxygens (including phenoxy) is 2. The SMILES string of the molecule is O=C(OCc1ccccc1)N1C[C@@H](Oc2ccc(C(F)(F)F)cc2)C[C@H]1CO. The van der Waals surface area contributed by atoms with Gasteiger partial charge in [-0.05, 0) is 29.8 Å². The zero-order valence-electron chi connectivity index (χ0n) is 14.9. The third kappa shape index (κ3) is 4.95. The molecule has 2 atom stereocenters. The Bertz CT molecular complexity index is 780. The van der Waals surface area contributed by atoms with Gasteiger partial charge in [0.05, 0.1) is 24.8 Å². The van der Waals surface area contributed by atoms with Crippen LogP contribution >= 0.6 is 0 Å². The second-order valence-corrected chi connectivity index (χ2v) is 6.53. The molecule has 28 heavy (non-hydrogen) atoms. The minimum atomic E-state index is -4.41. The summed E-state index contributed by atoms with van der Waals surface area (Å²) in [6.45, 7) is 0.0337. The summed E-state index contributed by atoms with van der Waals surface area (Å²) in [5.41, 5.74) is 0.0822. The van der Waals surface area contributed by atoms with E-state index in [1.54, 1.807) is 0 Å². The number of nitrogens with zero attached hydrogens (tertiary/aromatic N) is 1. The van der Waals surface area contributed by atoms with Gasteiger partial charge in [0.2, 0.25) is 0 Å². The predicted molar refractivity (Wildman–Crippen MR) is 94.7 cm³/mol. The summed E-state index contributed by atoms with van der Waals surface area (Å²) in [7, 11) is 0. The number of aliphatic hydroxyl groups excluding tert-OH is 1. The first-order valence-corrected chi connectivity index (χ1v) is 8.79. The van der Waals surface area contributed by atoms with Gasteiger partial charge in [-0.15, -0.1) is 0 Å². The molecule has 0 spiro atoms. The summed E-state index contributed by atoms with van der Waals surface area (Å²) in [4.78, 5) is 13.7. The van der Waals surface area contributed by atoms with E-state index in [4.69, 9.17) is 9.47 Å². The number of hydrogen-bond donors (Lipinski definition) is 1. The Hall–Kier alpha value is -2.74. The largest absolute Gasteiger partial charge is 0.489 e. The summed E-state index contributed by atoms with van der Waals surface area (Å²) in [5, 5.41) is 9.55. The Kier molecular flexibility index (Phi) is 6.08. The predicted octanol–water partition coefficient (Wildman–Crippen LogP) is 3.86. The molecule has 0 bridgehead atoms. The van der Waals surface area contributed by atoms with E-state index in [-0.39, 0.29) is 25.5 Å². The molecular formula is C20H20F3NO4. The van der Waals surface area contributed by atoms with Crippen LogP contribution < -0.4 is 4.74 Å². The van der Waals surface area contributed by atoms with Gasteiger partial charge in [-0.3, -0.25) is 4.90 Å².